The Morgan fingerprint density at radius 2 is 1.91 bits per heavy atom. The average molecular weight is 353 g/mol. The normalized spacial score (nSPS) is 13.7. The molecule has 0 bridgehead atoms. The Balaban J connectivity index is 3.18. The molecule has 130 valence electrons. The summed E-state index contributed by atoms with van der Waals surface area (Å²) in [5.41, 5.74) is -0.408. The third-order valence-electron chi connectivity index (χ3n) is 3.00. The Bertz CT molecular complexity index is 689. The van der Waals surface area contributed by atoms with Crippen LogP contribution in [0.1, 0.15) is 35.9 Å². The van der Waals surface area contributed by atoms with E-state index in [1.165, 1.54) is 18.7 Å². The highest BCUT2D eigenvalue weighted by Gasteiger charge is 2.36. The molecule has 1 amide bonds. The summed E-state index contributed by atoms with van der Waals surface area (Å²) in [5.74, 6) is -2.45. The Labute approximate surface area is 132 Å². The summed E-state index contributed by atoms with van der Waals surface area (Å²) in [6.45, 7) is 4.58. The van der Waals surface area contributed by atoms with Crippen molar-refractivity contribution >= 4 is 15.7 Å². The molecule has 0 fully saturated rings. The molecule has 10 heteroatoms. The number of aryl methyl sites for hydroxylation is 1. The fourth-order valence-electron chi connectivity index (χ4n) is 2.14. The molecule has 23 heavy (non-hydrogen) atoms. The number of halogens is 3. The zero-order chi connectivity index (χ0) is 18.0. The zero-order valence-corrected chi connectivity index (χ0v) is 14.0. The van der Waals surface area contributed by atoms with E-state index in [0.717, 1.165) is 12.3 Å². The summed E-state index contributed by atoms with van der Waals surface area (Å²) >= 11 is 0. The molecule has 1 unspecified atom stereocenters. The average Bonchev–Trinajstić information content (AvgIpc) is 2.35. The molecule has 0 aromatic carbocycles. The summed E-state index contributed by atoms with van der Waals surface area (Å²) in [7, 11) is -3.34. The van der Waals surface area contributed by atoms with Gasteiger partial charge in [0.2, 0.25) is 5.82 Å². The van der Waals surface area contributed by atoms with E-state index in [2.05, 4.69) is 9.97 Å². The second-order valence-corrected chi connectivity index (χ2v) is 7.43. The number of aromatic nitrogens is 2. The molecule has 0 saturated heterocycles. The van der Waals surface area contributed by atoms with Gasteiger partial charge in [0.25, 0.3) is 5.91 Å². The van der Waals surface area contributed by atoms with Crippen molar-refractivity contribution in [3.05, 3.63) is 23.3 Å². The van der Waals surface area contributed by atoms with Crippen LogP contribution in [0.3, 0.4) is 0 Å². The number of hydrogen-bond donors (Lipinski definition) is 0. The third kappa shape index (κ3) is 5.45. The standard InChI is InChI=1S/C13H18F3N3O3S/c1-5-19(9(3)7-23(4,21)22)11(20)10-6-8(2)17-12(18-10)13(14,15)16/h6,9H,5,7H2,1-4H3. The molecule has 6 nitrogen and oxygen atoms in total. The summed E-state index contributed by atoms with van der Waals surface area (Å²) in [6.07, 6.45) is -3.74. The van der Waals surface area contributed by atoms with E-state index in [0.29, 0.717) is 0 Å². The van der Waals surface area contributed by atoms with Crippen molar-refractivity contribution in [1.82, 2.24) is 14.9 Å². The number of carbonyl (C=O) groups excluding carboxylic acids is 1. The van der Waals surface area contributed by atoms with Gasteiger partial charge in [0.1, 0.15) is 15.5 Å². The van der Waals surface area contributed by atoms with Crippen LogP contribution in [0, 0.1) is 6.92 Å². The van der Waals surface area contributed by atoms with Gasteiger partial charge < -0.3 is 4.90 Å². The summed E-state index contributed by atoms with van der Waals surface area (Å²) in [5, 5.41) is 0. The molecule has 1 heterocycles. The molecule has 0 radical (unpaired) electrons. The lowest BCUT2D eigenvalue weighted by Gasteiger charge is -2.27. The van der Waals surface area contributed by atoms with E-state index in [9.17, 15) is 26.4 Å². The predicted molar refractivity (Wildman–Crippen MR) is 77.7 cm³/mol. The van der Waals surface area contributed by atoms with Crippen LogP contribution in [0.4, 0.5) is 13.2 Å². The van der Waals surface area contributed by atoms with E-state index < -0.39 is 39.5 Å². The van der Waals surface area contributed by atoms with E-state index >= 15 is 0 Å². The first-order valence-electron chi connectivity index (χ1n) is 6.76. The van der Waals surface area contributed by atoms with Crippen LogP contribution in [0.15, 0.2) is 6.07 Å². The molecule has 1 atom stereocenters. The number of nitrogens with zero attached hydrogens (tertiary/aromatic N) is 3. The zero-order valence-electron chi connectivity index (χ0n) is 13.2. The van der Waals surface area contributed by atoms with Crippen molar-refractivity contribution in [2.75, 3.05) is 18.6 Å². The van der Waals surface area contributed by atoms with Gasteiger partial charge in [-0.3, -0.25) is 4.79 Å². The summed E-state index contributed by atoms with van der Waals surface area (Å²) in [6, 6.07) is 0.458. The number of sulfone groups is 1. The maximum absolute atomic E-state index is 12.7. The van der Waals surface area contributed by atoms with Gasteiger partial charge in [-0.25, -0.2) is 18.4 Å². The van der Waals surface area contributed by atoms with Crippen LogP contribution in [-0.2, 0) is 16.0 Å². The summed E-state index contributed by atoms with van der Waals surface area (Å²) in [4.78, 5) is 20.1. The fourth-order valence-corrected chi connectivity index (χ4v) is 3.19. The third-order valence-corrected chi connectivity index (χ3v) is 4.09. The number of alkyl halides is 3. The molecule has 0 N–H and O–H groups in total. The number of hydrogen-bond acceptors (Lipinski definition) is 5. The second kappa shape index (κ2) is 6.81. The predicted octanol–water partition coefficient (Wildman–Crippen LogP) is 1.70. The van der Waals surface area contributed by atoms with Crippen LogP contribution >= 0.6 is 0 Å². The lowest BCUT2D eigenvalue weighted by atomic mass is 10.2. The van der Waals surface area contributed by atoms with Crippen LogP contribution in [0.2, 0.25) is 0 Å². The topological polar surface area (TPSA) is 80.2 Å². The highest BCUT2D eigenvalue weighted by Crippen LogP contribution is 2.26. The molecule has 0 saturated carbocycles. The Kier molecular flexibility index (Phi) is 5.73. The molecule has 0 spiro atoms. The maximum atomic E-state index is 12.7. The molecule has 1 aromatic heterocycles. The lowest BCUT2D eigenvalue weighted by Crippen LogP contribution is -2.42. The monoisotopic (exact) mass is 353 g/mol. The van der Waals surface area contributed by atoms with Crippen LogP contribution in [0.25, 0.3) is 0 Å². The minimum Gasteiger partial charge on any atom is -0.334 e. The van der Waals surface area contributed by atoms with Crippen LogP contribution in [0.5, 0.6) is 0 Å². The highest BCUT2D eigenvalue weighted by molar-refractivity contribution is 7.90. The Morgan fingerprint density at radius 3 is 2.35 bits per heavy atom. The minimum atomic E-state index is -4.77. The molecule has 0 aliphatic heterocycles. The van der Waals surface area contributed by atoms with Gasteiger partial charge in [0.05, 0.1) is 5.75 Å². The van der Waals surface area contributed by atoms with Gasteiger partial charge in [-0.15, -0.1) is 0 Å². The lowest BCUT2D eigenvalue weighted by molar-refractivity contribution is -0.145. The molecular formula is C13H18F3N3O3S. The second-order valence-electron chi connectivity index (χ2n) is 5.25. The number of amides is 1. The quantitative estimate of drug-likeness (QED) is 0.805. The fraction of sp³-hybridized carbons (Fsp3) is 0.615. The van der Waals surface area contributed by atoms with E-state index in [-0.39, 0.29) is 18.0 Å². The first kappa shape index (κ1) is 19.3. The van der Waals surface area contributed by atoms with E-state index in [4.69, 9.17) is 0 Å². The SMILES string of the molecule is CCN(C(=O)c1cc(C)nc(C(F)(F)F)n1)C(C)CS(C)(=O)=O. The van der Waals surface area contributed by atoms with Crippen molar-refractivity contribution in [2.45, 2.75) is 33.0 Å². The van der Waals surface area contributed by atoms with Gasteiger partial charge in [-0.1, -0.05) is 0 Å². The Morgan fingerprint density at radius 1 is 1.35 bits per heavy atom. The number of carbonyl (C=O) groups is 1. The van der Waals surface area contributed by atoms with Gasteiger partial charge in [0.15, 0.2) is 0 Å². The molecule has 1 aromatic rings. The summed E-state index contributed by atoms with van der Waals surface area (Å²) < 4.78 is 60.9. The number of rotatable bonds is 5. The van der Waals surface area contributed by atoms with E-state index in [1.807, 2.05) is 0 Å². The van der Waals surface area contributed by atoms with Crippen molar-refractivity contribution in [3.63, 3.8) is 0 Å². The first-order valence-corrected chi connectivity index (χ1v) is 8.82. The van der Waals surface area contributed by atoms with Crippen molar-refractivity contribution in [2.24, 2.45) is 0 Å². The Hall–Kier alpha value is -1.71. The molecule has 0 aliphatic rings. The minimum absolute atomic E-state index is 0.00231. The van der Waals surface area contributed by atoms with Gasteiger partial charge >= 0.3 is 6.18 Å². The molecule has 0 aliphatic carbocycles. The highest BCUT2D eigenvalue weighted by atomic mass is 32.2. The van der Waals surface area contributed by atoms with Crippen molar-refractivity contribution in [3.8, 4) is 0 Å². The van der Waals surface area contributed by atoms with Gasteiger partial charge in [0, 0.05) is 24.5 Å². The largest absolute Gasteiger partial charge is 0.451 e. The van der Waals surface area contributed by atoms with Gasteiger partial charge in [-0.05, 0) is 26.8 Å². The maximum Gasteiger partial charge on any atom is 0.451 e. The molecule has 1 rings (SSSR count). The van der Waals surface area contributed by atoms with Crippen molar-refractivity contribution in [1.29, 1.82) is 0 Å². The molecular weight excluding hydrogens is 335 g/mol. The van der Waals surface area contributed by atoms with Crippen LogP contribution in [-0.4, -0.2) is 53.8 Å². The van der Waals surface area contributed by atoms with Gasteiger partial charge in [-0.2, -0.15) is 13.2 Å². The first-order chi connectivity index (χ1) is 10.3. The van der Waals surface area contributed by atoms with Crippen molar-refractivity contribution < 1.29 is 26.4 Å². The van der Waals surface area contributed by atoms with E-state index in [1.54, 1.807) is 6.92 Å². The van der Waals surface area contributed by atoms with Crippen LogP contribution < -0.4 is 0 Å². The smallest absolute Gasteiger partial charge is 0.334 e.